The van der Waals surface area contributed by atoms with Gasteiger partial charge in [0, 0.05) is 19.1 Å². The molecule has 1 fully saturated rings. The molecule has 1 atom stereocenters. The largest absolute Gasteiger partial charge is 0.381 e. The van der Waals surface area contributed by atoms with E-state index in [0.29, 0.717) is 18.3 Å². The number of nitrogens with zero attached hydrogens (tertiary/aromatic N) is 2. The number of rotatable bonds is 4. The molecule has 1 aromatic rings. The zero-order valence-corrected chi connectivity index (χ0v) is 11.3. The molecule has 0 aromatic carbocycles. The standard InChI is InChI=1S/C12H19ClN4O/c1-2-17-12(18)11(13)10(8-16-17)15-7-9-5-3-4-6-14-9/h8-9,14-15H,2-7H2,1H3. The molecular weight excluding hydrogens is 252 g/mol. The Bertz CT molecular complexity index is 454. The molecule has 5 nitrogen and oxygen atoms in total. The molecule has 1 aliphatic heterocycles. The molecule has 6 heteroatoms. The Hall–Kier alpha value is -1.07. The van der Waals surface area contributed by atoms with E-state index in [1.54, 1.807) is 6.20 Å². The van der Waals surface area contributed by atoms with Crippen molar-refractivity contribution in [1.29, 1.82) is 0 Å². The van der Waals surface area contributed by atoms with Crippen LogP contribution >= 0.6 is 11.6 Å². The van der Waals surface area contributed by atoms with Gasteiger partial charge in [0.05, 0.1) is 11.9 Å². The molecule has 0 radical (unpaired) electrons. The highest BCUT2D eigenvalue weighted by Gasteiger charge is 2.14. The van der Waals surface area contributed by atoms with Gasteiger partial charge in [0.1, 0.15) is 5.02 Å². The maximum Gasteiger partial charge on any atom is 0.287 e. The van der Waals surface area contributed by atoms with E-state index < -0.39 is 0 Å². The topological polar surface area (TPSA) is 59.0 Å². The monoisotopic (exact) mass is 270 g/mol. The van der Waals surface area contributed by atoms with Crippen LogP contribution in [0.1, 0.15) is 26.2 Å². The zero-order valence-electron chi connectivity index (χ0n) is 10.6. The Morgan fingerprint density at radius 3 is 3.11 bits per heavy atom. The molecule has 0 bridgehead atoms. The van der Waals surface area contributed by atoms with Crippen LogP contribution in [0.25, 0.3) is 0 Å². The maximum absolute atomic E-state index is 11.8. The van der Waals surface area contributed by atoms with E-state index in [9.17, 15) is 4.79 Å². The van der Waals surface area contributed by atoms with Gasteiger partial charge in [-0.3, -0.25) is 4.79 Å². The Morgan fingerprint density at radius 1 is 1.61 bits per heavy atom. The van der Waals surface area contributed by atoms with E-state index in [1.807, 2.05) is 6.92 Å². The number of hydrogen-bond acceptors (Lipinski definition) is 4. The number of piperidine rings is 1. The fourth-order valence-electron chi connectivity index (χ4n) is 2.14. The molecule has 100 valence electrons. The molecule has 2 rings (SSSR count). The minimum atomic E-state index is -0.235. The lowest BCUT2D eigenvalue weighted by molar-refractivity contribution is 0.414. The average molecular weight is 271 g/mol. The second-order valence-electron chi connectivity index (χ2n) is 4.52. The number of aromatic nitrogens is 2. The summed E-state index contributed by atoms with van der Waals surface area (Å²) in [7, 11) is 0. The van der Waals surface area contributed by atoms with Gasteiger partial charge in [-0.15, -0.1) is 0 Å². The summed E-state index contributed by atoms with van der Waals surface area (Å²) in [5.41, 5.74) is 0.388. The molecule has 18 heavy (non-hydrogen) atoms. The molecule has 1 unspecified atom stereocenters. The van der Waals surface area contributed by atoms with Gasteiger partial charge in [0.15, 0.2) is 0 Å². The Morgan fingerprint density at radius 2 is 2.44 bits per heavy atom. The first-order valence-corrected chi connectivity index (χ1v) is 6.83. The third kappa shape index (κ3) is 3.03. The third-order valence-corrected chi connectivity index (χ3v) is 3.60. The summed E-state index contributed by atoms with van der Waals surface area (Å²) in [6, 6.07) is 0.448. The van der Waals surface area contributed by atoms with Crippen molar-refractivity contribution in [2.75, 3.05) is 18.4 Å². The summed E-state index contributed by atoms with van der Waals surface area (Å²) < 4.78 is 1.35. The van der Waals surface area contributed by atoms with Crippen molar-refractivity contribution >= 4 is 17.3 Å². The van der Waals surface area contributed by atoms with Gasteiger partial charge in [-0.05, 0) is 26.3 Å². The molecule has 2 heterocycles. The highest BCUT2D eigenvalue weighted by Crippen LogP contribution is 2.16. The van der Waals surface area contributed by atoms with E-state index in [1.165, 1.54) is 17.5 Å². The summed E-state index contributed by atoms with van der Waals surface area (Å²) in [5, 5.41) is 10.9. The Kier molecular flexibility index (Phi) is 4.60. The van der Waals surface area contributed by atoms with Gasteiger partial charge in [-0.25, -0.2) is 4.68 Å². The summed E-state index contributed by atoms with van der Waals surface area (Å²) in [6.07, 6.45) is 5.27. The lowest BCUT2D eigenvalue weighted by atomic mass is 10.1. The van der Waals surface area contributed by atoms with Gasteiger partial charge in [0.2, 0.25) is 0 Å². The highest BCUT2D eigenvalue weighted by molar-refractivity contribution is 6.32. The third-order valence-electron chi connectivity index (χ3n) is 3.24. The number of nitrogens with one attached hydrogen (secondary N) is 2. The normalized spacial score (nSPS) is 19.8. The van der Waals surface area contributed by atoms with Crippen LogP contribution in [0.15, 0.2) is 11.0 Å². The summed E-state index contributed by atoms with van der Waals surface area (Å²) in [5.74, 6) is 0. The number of aryl methyl sites for hydroxylation is 1. The lowest BCUT2D eigenvalue weighted by Crippen LogP contribution is -2.39. The minimum absolute atomic E-state index is 0.225. The summed E-state index contributed by atoms with van der Waals surface area (Å²) in [6.45, 7) is 4.24. The lowest BCUT2D eigenvalue weighted by Gasteiger charge is -2.24. The quantitative estimate of drug-likeness (QED) is 0.870. The zero-order chi connectivity index (χ0) is 13.0. The van der Waals surface area contributed by atoms with Gasteiger partial charge in [-0.2, -0.15) is 5.10 Å². The van der Waals surface area contributed by atoms with Crippen LogP contribution in [-0.4, -0.2) is 28.9 Å². The molecule has 1 aromatic heterocycles. The molecule has 0 saturated carbocycles. The predicted molar refractivity (Wildman–Crippen MR) is 73.3 cm³/mol. The summed E-state index contributed by atoms with van der Waals surface area (Å²) >= 11 is 6.04. The second kappa shape index (κ2) is 6.20. The van der Waals surface area contributed by atoms with E-state index in [4.69, 9.17) is 11.6 Å². The molecule has 1 saturated heterocycles. The second-order valence-corrected chi connectivity index (χ2v) is 4.90. The van der Waals surface area contributed by atoms with E-state index in [0.717, 1.165) is 19.5 Å². The molecule has 2 N–H and O–H groups in total. The number of hydrogen-bond donors (Lipinski definition) is 2. The first kappa shape index (κ1) is 13.4. The number of anilines is 1. The van der Waals surface area contributed by atoms with Crippen molar-refractivity contribution in [3.8, 4) is 0 Å². The summed E-state index contributed by atoms with van der Waals surface area (Å²) in [4.78, 5) is 11.8. The van der Waals surface area contributed by atoms with Crippen molar-refractivity contribution in [2.45, 2.75) is 38.8 Å². The number of halogens is 1. The highest BCUT2D eigenvalue weighted by atomic mass is 35.5. The van der Waals surface area contributed by atoms with Crippen LogP contribution in [0.2, 0.25) is 5.02 Å². The Labute approximate surface area is 112 Å². The minimum Gasteiger partial charge on any atom is -0.381 e. The van der Waals surface area contributed by atoms with Crippen LogP contribution in [0.3, 0.4) is 0 Å². The predicted octanol–water partition coefficient (Wildman–Crippen LogP) is 1.47. The van der Waals surface area contributed by atoms with Gasteiger partial charge < -0.3 is 10.6 Å². The van der Waals surface area contributed by atoms with Crippen LogP contribution in [-0.2, 0) is 6.54 Å². The van der Waals surface area contributed by atoms with Crippen LogP contribution in [0.5, 0.6) is 0 Å². The molecule has 0 amide bonds. The Balaban J connectivity index is 2.01. The maximum atomic E-state index is 11.8. The van der Waals surface area contributed by atoms with E-state index in [-0.39, 0.29) is 10.6 Å². The van der Waals surface area contributed by atoms with Crippen molar-refractivity contribution in [2.24, 2.45) is 0 Å². The van der Waals surface area contributed by atoms with E-state index >= 15 is 0 Å². The SMILES string of the molecule is CCn1ncc(NCC2CCCCN2)c(Cl)c1=O. The fraction of sp³-hybridized carbons (Fsp3) is 0.667. The van der Waals surface area contributed by atoms with Crippen molar-refractivity contribution in [1.82, 2.24) is 15.1 Å². The smallest absolute Gasteiger partial charge is 0.287 e. The first-order valence-electron chi connectivity index (χ1n) is 6.45. The van der Waals surface area contributed by atoms with Crippen LogP contribution in [0, 0.1) is 0 Å². The van der Waals surface area contributed by atoms with Gasteiger partial charge in [-0.1, -0.05) is 18.0 Å². The molecule has 1 aliphatic rings. The van der Waals surface area contributed by atoms with Crippen LogP contribution in [0.4, 0.5) is 5.69 Å². The molecule has 0 aliphatic carbocycles. The van der Waals surface area contributed by atoms with Crippen LogP contribution < -0.4 is 16.2 Å². The van der Waals surface area contributed by atoms with Gasteiger partial charge >= 0.3 is 0 Å². The first-order chi connectivity index (χ1) is 8.72. The van der Waals surface area contributed by atoms with Gasteiger partial charge in [0.25, 0.3) is 5.56 Å². The molecular formula is C12H19ClN4O. The van der Waals surface area contributed by atoms with Crippen molar-refractivity contribution in [3.05, 3.63) is 21.6 Å². The van der Waals surface area contributed by atoms with E-state index in [2.05, 4.69) is 15.7 Å². The molecule has 0 spiro atoms. The average Bonchev–Trinajstić information content (AvgIpc) is 2.42. The fourth-order valence-corrected chi connectivity index (χ4v) is 2.36. The van der Waals surface area contributed by atoms with Crippen molar-refractivity contribution in [3.63, 3.8) is 0 Å². The van der Waals surface area contributed by atoms with Crippen molar-refractivity contribution < 1.29 is 0 Å².